The van der Waals surface area contributed by atoms with Crippen LogP contribution in [0.25, 0.3) is 0 Å². The van der Waals surface area contributed by atoms with Gasteiger partial charge in [0.15, 0.2) is 0 Å². The van der Waals surface area contributed by atoms with E-state index in [0.717, 1.165) is 51.1 Å². The maximum atomic E-state index is 12.7. The Hall–Kier alpha value is -2.08. The van der Waals surface area contributed by atoms with Crippen LogP contribution in [0, 0.1) is 5.92 Å². The number of carbonyl (C=O) groups excluding carboxylic acids is 2. The van der Waals surface area contributed by atoms with Gasteiger partial charge in [0.25, 0.3) is 0 Å². The fraction of sp³-hybridized carbons (Fsp3) is 0.652. The standard InChI is InChI=1S/C23H35N3O3/c1-3-18(2)20-5-7-21(8-6-20)24-23(28)26-12-4-11-25(13-14-26)22(27)17-19-9-15-29-16-10-19/h5-8,18-19H,3-4,9-17H2,1-2H3,(H,24,28). The van der Waals surface area contributed by atoms with Crippen LogP contribution < -0.4 is 5.32 Å². The number of urea groups is 1. The van der Waals surface area contributed by atoms with Crippen molar-refractivity contribution in [2.24, 2.45) is 5.92 Å². The fourth-order valence-electron chi connectivity index (χ4n) is 4.03. The molecule has 1 atom stereocenters. The van der Waals surface area contributed by atoms with Crippen LogP contribution in [0.1, 0.15) is 57.4 Å². The van der Waals surface area contributed by atoms with Gasteiger partial charge in [0.2, 0.25) is 5.91 Å². The van der Waals surface area contributed by atoms with Gasteiger partial charge in [-0.3, -0.25) is 4.79 Å². The Morgan fingerprint density at radius 1 is 1.07 bits per heavy atom. The summed E-state index contributed by atoms with van der Waals surface area (Å²) < 4.78 is 5.38. The van der Waals surface area contributed by atoms with Gasteiger partial charge in [0.05, 0.1) is 0 Å². The van der Waals surface area contributed by atoms with Crippen LogP contribution in [0.3, 0.4) is 0 Å². The lowest BCUT2D eigenvalue weighted by Gasteiger charge is -2.26. The first-order valence-electron chi connectivity index (χ1n) is 11.1. The molecule has 29 heavy (non-hydrogen) atoms. The Bertz CT molecular complexity index is 670. The highest BCUT2D eigenvalue weighted by Gasteiger charge is 2.25. The molecule has 3 rings (SSSR count). The molecule has 1 N–H and O–H groups in total. The summed E-state index contributed by atoms with van der Waals surface area (Å²) in [5, 5.41) is 3.00. The molecule has 160 valence electrons. The second-order valence-corrected chi connectivity index (χ2v) is 8.34. The van der Waals surface area contributed by atoms with Crippen LogP contribution in [-0.4, -0.2) is 61.1 Å². The molecule has 6 nitrogen and oxygen atoms in total. The summed E-state index contributed by atoms with van der Waals surface area (Å²) in [6.07, 6.45) is 4.48. The topological polar surface area (TPSA) is 61.9 Å². The number of carbonyl (C=O) groups is 2. The largest absolute Gasteiger partial charge is 0.381 e. The van der Waals surface area contributed by atoms with Crippen molar-refractivity contribution in [2.75, 3.05) is 44.7 Å². The number of ether oxygens (including phenoxy) is 1. The van der Waals surface area contributed by atoms with Gasteiger partial charge < -0.3 is 19.9 Å². The zero-order chi connectivity index (χ0) is 20.6. The van der Waals surface area contributed by atoms with E-state index in [1.807, 2.05) is 21.9 Å². The number of nitrogens with one attached hydrogen (secondary N) is 1. The molecule has 0 spiro atoms. The quantitative estimate of drug-likeness (QED) is 0.809. The van der Waals surface area contributed by atoms with E-state index in [1.165, 1.54) is 5.56 Å². The van der Waals surface area contributed by atoms with Crippen LogP contribution in [0.5, 0.6) is 0 Å². The van der Waals surface area contributed by atoms with Gasteiger partial charge in [0, 0.05) is 51.5 Å². The average Bonchev–Trinajstić information content (AvgIpc) is 3.01. The van der Waals surface area contributed by atoms with Gasteiger partial charge >= 0.3 is 6.03 Å². The molecule has 1 unspecified atom stereocenters. The highest BCUT2D eigenvalue weighted by Crippen LogP contribution is 2.22. The number of amides is 3. The highest BCUT2D eigenvalue weighted by molar-refractivity contribution is 5.89. The number of hydrogen-bond acceptors (Lipinski definition) is 3. The molecule has 3 amide bonds. The second-order valence-electron chi connectivity index (χ2n) is 8.34. The van der Waals surface area contributed by atoms with Crippen LogP contribution in [0.15, 0.2) is 24.3 Å². The van der Waals surface area contributed by atoms with E-state index in [2.05, 4.69) is 31.3 Å². The van der Waals surface area contributed by atoms with E-state index in [-0.39, 0.29) is 11.9 Å². The molecule has 0 aliphatic carbocycles. The van der Waals surface area contributed by atoms with Gasteiger partial charge in [-0.25, -0.2) is 4.79 Å². The molecular formula is C23H35N3O3. The predicted octanol–water partition coefficient (Wildman–Crippen LogP) is 4.08. The summed E-state index contributed by atoms with van der Waals surface area (Å²) in [6, 6.07) is 8.04. The molecular weight excluding hydrogens is 366 g/mol. The van der Waals surface area contributed by atoms with Crippen molar-refractivity contribution in [3.8, 4) is 0 Å². The molecule has 2 saturated heterocycles. The molecule has 0 radical (unpaired) electrons. The zero-order valence-corrected chi connectivity index (χ0v) is 17.9. The molecule has 2 aliphatic rings. The molecule has 6 heteroatoms. The first-order chi connectivity index (χ1) is 14.1. The normalized spacial score (nSPS) is 19.5. The van der Waals surface area contributed by atoms with Gasteiger partial charge in [-0.1, -0.05) is 26.0 Å². The van der Waals surface area contributed by atoms with E-state index in [9.17, 15) is 9.59 Å². The van der Waals surface area contributed by atoms with E-state index in [4.69, 9.17) is 4.74 Å². The highest BCUT2D eigenvalue weighted by atomic mass is 16.5. The number of anilines is 1. The molecule has 0 saturated carbocycles. The average molecular weight is 402 g/mol. The molecule has 2 fully saturated rings. The van der Waals surface area contributed by atoms with Crippen molar-refractivity contribution in [3.05, 3.63) is 29.8 Å². The molecule has 1 aromatic rings. The first kappa shape index (κ1) is 21.6. The SMILES string of the molecule is CCC(C)c1ccc(NC(=O)N2CCCN(C(=O)CC3CCOCC3)CC2)cc1. The van der Waals surface area contributed by atoms with Crippen molar-refractivity contribution in [3.63, 3.8) is 0 Å². The maximum absolute atomic E-state index is 12.7. The molecule has 0 aromatic heterocycles. The Morgan fingerprint density at radius 3 is 2.41 bits per heavy atom. The Balaban J connectivity index is 1.48. The van der Waals surface area contributed by atoms with Crippen LogP contribution >= 0.6 is 0 Å². The molecule has 2 heterocycles. The molecule has 1 aromatic carbocycles. The smallest absolute Gasteiger partial charge is 0.321 e. The van der Waals surface area contributed by atoms with Gasteiger partial charge in [-0.15, -0.1) is 0 Å². The Labute approximate surface area is 174 Å². The summed E-state index contributed by atoms with van der Waals surface area (Å²) in [7, 11) is 0. The van der Waals surface area contributed by atoms with Gasteiger partial charge in [-0.05, 0) is 55.2 Å². The Kier molecular flexibility index (Phi) is 7.92. The molecule has 2 aliphatic heterocycles. The van der Waals surface area contributed by atoms with Crippen LogP contribution in [-0.2, 0) is 9.53 Å². The lowest BCUT2D eigenvalue weighted by Crippen LogP contribution is -2.39. The van der Waals surface area contributed by atoms with E-state index < -0.39 is 0 Å². The summed E-state index contributed by atoms with van der Waals surface area (Å²) in [5.74, 6) is 1.19. The van der Waals surface area contributed by atoms with Crippen molar-refractivity contribution >= 4 is 17.6 Å². The van der Waals surface area contributed by atoms with Crippen molar-refractivity contribution in [1.82, 2.24) is 9.80 Å². The zero-order valence-electron chi connectivity index (χ0n) is 17.9. The maximum Gasteiger partial charge on any atom is 0.321 e. The fourth-order valence-corrected chi connectivity index (χ4v) is 4.03. The third-order valence-corrected chi connectivity index (χ3v) is 6.28. The predicted molar refractivity (Wildman–Crippen MR) is 115 cm³/mol. The summed E-state index contributed by atoms with van der Waals surface area (Å²) in [4.78, 5) is 29.1. The van der Waals surface area contributed by atoms with E-state index in [1.54, 1.807) is 0 Å². The summed E-state index contributed by atoms with van der Waals surface area (Å²) in [6.45, 7) is 8.53. The number of nitrogens with zero attached hydrogens (tertiary/aromatic N) is 2. The third kappa shape index (κ3) is 6.20. The van der Waals surface area contributed by atoms with Crippen LogP contribution in [0.2, 0.25) is 0 Å². The van der Waals surface area contributed by atoms with E-state index >= 15 is 0 Å². The summed E-state index contributed by atoms with van der Waals surface area (Å²) in [5.41, 5.74) is 2.11. The van der Waals surface area contributed by atoms with Crippen molar-refractivity contribution in [1.29, 1.82) is 0 Å². The number of rotatable bonds is 5. The monoisotopic (exact) mass is 401 g/mol. The second kappa shape index (κ2) is 10.6. The Morgan fingerprint density at radius 2 is 1.72 bits per heavy atom. The van der Waals surface area contributed by atoms with E-state index in [0.29, 0.717) is 37.9 Å². The van der Waals surface area contributed by atoms with Crippen molar-refractivity contribution < 1.29 is 14.3 Å². The minimum Gasteiger partial charge on any atom is -0.381 e. The number of hydrogen-bond donors (Lipinski definition) is 1. The van der Waals surface area contributed by atoms with Crippen molar-refractivity contribution in [2.45, 2.75) is 51.9 Å². The number of benzene rings is 1. The third-order valence-electron chi connectivity index (χ3n) is 6.28. The van der Waals surface area contributed by atoms with Crippen LogP contribution in [0.4, 0.5) is 10.5 Å². The van der Waals surface area contributed by atoms with Gasteiger partial charge in [-0.2, -0.15) is 0 Å². The molecule has 0 bridgehead atoms. The lowest BCUT2D eigenvalue weighted by atomic mass is 9.96. The lowest BCUT2D eigenvalue weighted by molar-refractivity contribution is -0.132. The minimum atomic E-state index is -0.0833. The summed E-state index contributed by atoms with van der Waals surface area (Å²) >= 11 is 0. The minimum absolute atomic E-state index is 0.0833. The first-order valence-corrected chi connectivity index (χ1v) is 11.1. The van der Waals surface area contributed by atoms with Gasteiger partial charge in [0.1, 0.15) is 0 Å².